The van der Waals surface area contributed by atoms with E-state index in [1.54, 1.807) is 14.2 Å². The minimum absolute atomic E-state index is 0.165. The van der Waals surface area contributed by atoms with Crippen molar-refractivity contribution in [1.82, 2.24) is 4.90 Å². The third-order valence-electron chi connectivity index (χ3n) is 4.39. The molecule has 1 aromatic carbocycles. The molecule has 0 saturated carbocycles. The quantitative estimate of drug-likeness (QED) is 0.768. The Morgan fingerprint density at radius 1 is 1.17 bits per heavy atom. The van der Waals surface area contributed by atoms with Crippen LogP contribution in [0.1, 0.15) is 38.2 Å². The van der Waals surface area contributed by atoms with E-state index in [1.165, 1.54) is 0 Å². The second kappa shape index (κ2) is 9.52. The molecular formula is C19H29NO4. The normalized spacial score (nSPS) is 18.1. The number of amides is 1. The fraction of sp³-hybridized carbons (Fsp3) is 0.632. The minimum atomic E-state index is 0.165. The number of benzene rings is 1. The lowest BCUT2D eigenvalue weighted by Gasteiger charge is -2.21. The topological polar surface area (TPSA) is 48.0 Å². The molecule has 0 bridgehead atoms. The fourth-order valence-electron chi connectivity index (χ4n) is 3.04. The van der Waals surface area contributed by atoms with Crippen molar-refractivity contribution in [2.75, 3.05) is 33.9 Å². The van der Waals surface area contributed by atoms with Crippen molar-refractivity contribution in [3.05, 3.63) is 23.8 Å². The van der Waals surface area contributed by atoms with Gasteiger partial charge in [-0.05, 0) is 43.4 Å². The van der Waals surface area contributed by atoms with E-state index in [4.69, 9.17) is 14.2 Å². The molecule has 1 heterocycles. The molecule has 1 amide bonds. The zero-order valence-electron chi connectivity index (χ0n) is 15.0. The fourth-order valence-corrected chi connectivity index (χ4v) is 3.04. The van der Waals surface area contributed by atoms with Gasteiger partial charge in [0.1, 0.15) is 0 Å². The molecule has 2 rings (SSSR count). The van der Waals surface area contributed by atoms with E-state index in [0.717, 1.165) is 50.9 Å². The summed E-state index contributed by atoms with van der Waals surface area (Å²) in [6, 6.07) is 5.64. The molecule has 0 aromatic heterocycles. The lowest BCUT2D eigenvalue weighted by molar-refractivity contribution is -0.130. The lowest BCUT2D eigenvalue weighted by Crippen LogP contribution is -2.33. The van der Waals surface area contributed by atoms with E-state index in [9.17, 15) is 4.79 Å². The maximum atomic E-state index is 12.6. The summed E-state index contributed by atoms with van der Waals surface area (Å²) in [5.74, 6) is 1.50. The zero-order chi connectivity index (χ0) is 17.4. The Labute approximate surface area is 144 Å². The SMILES string of the molecule is CCCOC1CCCN(C(=O)Cc2ccc(OC)c(OC)c2)CC1. The number of likely N-dealkylation sites (tertiary alicyclic amines) is 1. The first-order valence-electron chi connectivity index (χ1n) is 8.78. The third-order valence-corrected chi connectivity index (χ3v) is 4.39. The van der Waals surface area contributed by atoms with Crippen LogP contribution in [0.15, 0.2) is 18.2 Å². The van der Waals surface area contributed by atoms with E-state index in [1.807, 2.05) is 23.1 Å². The molecule has 5 nitrogen and oxygen atoms in total. The van der Waals surface area contributed by atoms with Gasteiger partial charge in [0.05, 0.1) is 26.7 Å². The monoisotopic (exact) mass is 335 g/mol. The second-order valence-corrected chi connectivity index (χ2v) is 6.17. The van der Waals surface area contributed by atoms with Gasteiger partial charge in [0.2, 0.25) is 5.91 Å². The molecule has 1 unspecified atom stereocenters. The largest absolute Gasteiger partial charge is 0.493 e. The van der Waals surface area contributed by atoms with Crippen LogP contribution in [-0.2, 0) is 16.0 Å². The molecule has 1 saturated heterocycles. The number of ether oxygens (including phenoxy) is 3. The summed E-state index contributed by atoms with van der Waals surface area (Å²) in [5.41, 5.74) is 0.945. The van der Waals surface area contributed by atoms with Gasteiger partial charge < -0.3 is 19.1 Å². The summed E-state index contributed by atoms with van der Waals surface area (Å²) >= 11 is 0. The standard InChI is InChI=1S/C19H29NO4/c1-4-12-24-16-6-5-10-20(11-9-16)19(21)14-15-7-8-17(22-2)18(13-15)23-3/h7-8,13,16H,4-6,9-12,14H2,1-3H3. The average molecular weight is 335 g/mol. The Kier molecular flexibility index (Phi) is 7.37. The molecule has 0 spiro atoms. The van der Waals surface area contributed by atoms with Crippen LogP contribution < -0.4 is 9.47 Å². The molecule has 134 valence electrons. The van der Waals surface area contributed by atoms with E-state index in [-0.39, 0.29) is 5.91 Å². The number of hydrogen-bond donors (Lipinski definition) is 0. The molecule has 1 fully saturated rings. The third kappa shape index (κ3) is 5.13. The molecule has 1 aromatic rings. The number of methoxy groups -OCH3 is 2. The van der Waals surface area contributed by atoms with Crippen molar-refractivity contribution in [3.8, 4) is 11.5 Å². The van der Waals surface area contributed by atoms with Crippen LogP contribution in [-0.4, -0.2) is 50.8 Å². The smallest absolute Gasteiger partial charge is 0.226 e. The van der Waals surface area contributed by atoms with E-state index in [0.29, 0.717) is 24.0 Å². The summed E-state index contributed by atoms with van der Waals surface area (Å²) in [6.45, 7) is 4.53. The first kappa shape index (κ1) is 18.6. The highest BCUT2D eigenvalue weighted by Crippen LogP contribution is 2.28. The van der Waals surface area contributed by atoms with Crippen LogP contribution in [0.25, 0.3) is 0 Å². The highest BCUT2D eigenvalue weighted by molar-refractivity contribution is 5.79. The molecule has 24 heavy (non-hydrogen) atoms. The molecule has 5 heteroatoms. The Bertz CT molecular complexity index is 532. The molecule has 1 atom stereocenters. The van der Waals surface area contributed by atoms with Crippen molar-refractivity contribution in [2.24, 2.45) is 0 Å². The van der Waals surface area contributed by atoms with Crippen LogP contribution in [0.5, 0.6) is 11.5 Å². The summed E-state index contributed by atoms with van der Waals surface area (Å²) in [4.78, 5) is 14.6. The molecule has 0 N–H and O–H groups in total. The van der Waals surface area contributed by atoms with Gasteiger partial charge in [-0.3, -0.25) is 4.79 Å². The van der Waals surface area contributed by atoms with Crippen molar-refractivity contribution in [1.29, 1.82) is 0 Å². The molecular weight excluding hydrogens is 306 g/mol. The highest BCUT2D eigenvalue weighted by Gasteiger charge is 2.21. The number of carbonyl (C=O) groups excluding carboxylic acids is 1. The van der Waals surface area contributed by atoms with E-state index < -0.39 is 0 Å². The molecule has 1 aliphatic rings. The maximum Gasteiger partial charge on any atom is 0.226 e. The average Bonchev–Trinajstić information content (AvgIpc) is 2.85. The van der Waals surface area contributed by atoms with Gasteiger partial charge in [0.25, 0.3) is 0 Å². The van der Waals surface area contributed by atoms with Gasteiger partial charge in [-0.1, -0.05) is 13.0 Å². The van der Waals surface area contributed by atoms with Gasteiger partial charge in [0.15, 0.2) is 11.5 Å². The van der Waals surface area contributed by atoms with E-state index >= 15 is 0 Å². The van der Waals surface area contributed by atoms with Crippen LogP contribution in [0.2, 0.25) is 0 Å². The summed E-state index contributed by atoms with van der Waals surface area (Å²) in [6.07, 6.45) is 4.70. The first-order valence-corrected chi connectivity index (χ1v) is 8.78. The summed E-state index contributed by atoms with van der Waals surface area (Å²) in [5, 5.41) is 0. The Morgan fingerprint density at radius 3 is 2.67 bits per heavy atom. The molecule has 0 aliphatic carbocycles. The highest BCUT2D eigenvalue weighted by atomic mass is 16.5. The van der Waals surface area contributed by atoms with Crippen molar-refractivity contribution >= 4 is 5.91 Å². The van der Waals surface area contributed by atoms with Gasteiger partial charge in [-0.25, -0.2) is 0 Å². The minimum Gasteiger partial charge on any atom is -0.493 e. The van der Waals surface area contributed by atoms with Gasteiger partial charge in [-0.15, -0.1) is 0 Å². The van der Waals surface area contributed by atoms with Crippen LogP contribution in [0, 0.1) is 0 Å². The zero-order valence-corrected chi connectivity index (χ0v) is 15.0. The molecule has 1 aliphatic heterocycles. The number of rotatable bonds is 7. The number of carbonyl (C=O) groups is 1. The summed E-state index contributed by atoms with van der Waals surface area (Å²) in [7, 11) is 3.21. The van der Waals surface area contributed by atoms with Gasteiger partial charge in [0, 0.05) is 19.7 Å². The number of nitrogens with zero attached hydrogens (tertiary/aromatic N) is 1. The van der Waals surface area contributed by atoms with Gasteiger partial charge in [-0.2, -0.15) is 0 Å². The molecule has 0 radical (unpaired) electrons. The van der Waals surface area contributed by atoms with Crippen LogP contribution in [0.3, 0.4) is 0 Å². The Balaban J connectivity index is 1.92. The summed E-state index contributed by atoms with van der Waals surface area (Å²) < 4.78 is 16.4. The predicted octanol–water partition coefficient (Wildman–Crippen LogP) is 3.05. The van der Waals surface area contributed by atoms with Crippen molar-refractivity contribution in [2.45, 2.75) is 45.1 Å². The maximum absolute atomic E-state index is 12.6. The predicted molar refractivity (Wildman–Crippen MR) is 93.7 cm³/mol. The van der Waals surface area contributed by atoms with Crippen LogP contribution >= 0.6 is 0 Å². The second-order valence-electron chi connectivity index (χ2n) is 6.17. The van der Waals surface area contributed by atoms with Gasteiger partial charge >= 0.3 is 0 Å². The Morgan fingerprint density at radius 2 is 1.96 bits per heavy atom. The Hall–Kier alpha value is -1.75. The van der Waals surface area contributed by atoms with Crippen LogP contribution in [0.4, 0.5) is 0 Å². The number of hydrogen-bond acceptors (Lipinski definition) is 4. The first-order chi connectivity index (χ1) is 11.7. The lowest BCUT2D eigenvalue weighted by atomic mass is 10.1. The van der Waals surface area contributed by atoms with E-state index in [2.05, 4.69) is 6.92 Å². The van der Waals surface area contributed by atoms with Crippen molar-refractivity contribution in [3.63, 3.8) is 0 Å². The van der Waals surface area contributed by atoms with Crippen molar-refractivity contribution < 1.29 is 19.0 Å².